The van der Waals surface area contributed by atoms with Crippen molar-refractivity contribution >= 4 is 46.7 Å². The predicted molar refractivity (Wildman–Crippen MR) is 106 cm³/mol. The van der Waals surface area contributed by atoms with Crippen LogP contribution in [0.5, 0.6) is 5.75 Å². The minimum atomic E-state index is -0.280. The van der Waals surface area contributed by atoms with Gasteiger partial charge < -0.3 is 10.4 Å². The maximum Gasteiger partial charge on any atom is 0.257 e. The summed E-state index contributed by atoms with van der Waals surface area (Å²) < 4.78 is 0. The Bertz CT molecular complexity index is 973. The Morgan fingerprint density at radius 2 is 1.69 bits per heavy atom. The zero-order chi connectivity index (χ0) is 18.5. The molecule has 2 N–H and O–H groups in total. The molecule has 0 saturated heterocycles. The molecule has 0 heterocycles. The standard InChI is InChI=1S/C20H14Cl2N2O2/c21-14-10-13(19(25)17(22)11-14)12-23-18-9-5-4-8-16(18)20(26)24-15-6-2-1-3-7-15/h1-12,25H,(H,24,26). The van der Waals surface area contributed by atoms with E-state index in [1.165, 1.54) is 12.3 Å². The number of phenols is 1. The molecule has 0 bridgehead atoms. The molecule has 0 radical (unpaired) electrons. The van der Waals surface area contributed by atoms with Crippen LogP contribution in [0, 0.1) is 0 Å². The van der Waals surface area contributed by atoms with Crippen LogP contribution in [-0.2, 0) is 0 Å². The molecule has 0 saturated carbocycles. The summed E-state index contributed by atoms with van der Waals surface area (Å²) in [7, 11) is 0. The molecule has 3 rings (SSSR count). The van der Waals surface area contributed by atoms with Crippen LogP contribution in [-0.4, -0.2) is 17.2 Å². The molecular formula is C20H14Cl2N2O2. The molecule has 0 aliphatic rings. The third-order valence-corrected chi connectivity index (χ3v) is 4.09. The first kappa shape index (κ1) is 18.0. The number of rotatable bonds is 4. The second-order valence-corrected chi connectivity index (χ2v) is 6.26. The van der Waals surface area contributed by atoms with Gasteiger partial charge in [-0.15, -0.1) is 0 Å². The first-order valence-corrected chi connectivity index (χ1v) is 8.47. The molecule has 130 valence electrons. The number of aromatic hydroxyl groups is 1. The number of aliphatic imine (C=N–C) groups is 1. The maximum atomic E-state index is 12.5. The van der Waals surface area contributed by atoms with E-state index in [0.717, 1.165) is 0 Å². The van der Waals surface area contributed by atoms with E-state index in [2.05, 4.69) is 10.3 Å². The highest BCUT2D eigenvalue weighted by Crippen LogP contribution is 2.30. The Morgan fingerprint density at radius 3 is 2.46 bits per heavy atom. The van der Waals surface area contributed by atoms with E-state index in [1.807, 2.05) is 18.2 Å². The molecule has 4 nitrogen and oxygen atoms in total. The van der Waals surface area contributed by atoms with E-state index >= 15 is 0 Å². The zero-order valence-corrected chi connectivity index (χ0v) is 15.0. The van der Waals surface area contributed by atoms with Crippen LogP contribution in [0.2, 0.25) is 10.0 Å². The Labute approximate surface area is 160 Å². The highest BCUT2D eigenvalue weighted by molar-refractivity contribution is 6.36. The third-order valence-electron chi connectivity index (χ3n) is 3.58. The summed E-state index contributed by atoms with van der Waals surface area (Å²) in [5.41, 5.74) is 1.91. The first-order chi connectivity index (χ1) is 12.5. The number of carbonyl (C=O) groups is 1. The second-order valence-electron chi connectivity index (χ2n) is 5.42. The average molecular weight is 385 g/mol. The van der Waals surface area contributed by atoms with Crippen LogP contribution in [0.1, 0.15) is 15.9 Å². The number of halogens is 2. The monoisotopic (exact) mass is 384 g/mol. The van der Waals surface area contributed by atoms with Gasteiger partial charge in [0.25, 0.3) is 5.91 Å². The molecule has 0 aliphatic carbocycles. The highest BCUT2D eigenvalue weighted by atomic mass is 35.5. The highest BCUT2D eigenvalue weighted by Gasteiger charge is 2.11. The van der Waals surface area contributed by atoms with Crippen LogP contribution in [0.25, 0.3) is 0 Å². The van der Waals surface area contributed by atoms with Crippen molar-refractivity contribution in [2.75, 3.05) is 5.32 Å². The summed E-state index contributed by atoms with van der Waals surface area (Å²) in [5, 5.41) is 13.3. The summed E-state index contributed by atoms with van der Waals surface area (Å²) in [6.07, 6.45) is 1.42. The average Bonchev–Trinajstić information content (AvgIpc) is 2.64. The number of anilines is 1. The smallest absolute Gasteiger partial charge is 0.257 e. The Hall–Kier alpha value is -2.82. The molecule has 26 heavy (non-hydrogen) atoms. The molecule has 0 aliphatic heterocycles. The van der Waals surface area contributed by atoms with Gasteiger partial charge in [-0.25, -0.2) is 0 Å². The fraction of sp³-hybridized carbons (Fsp3) is 0. The van der Waals surface area contributed by atoms with Crippen LogP contribution in [0.3, 0.4) is 0 Å². The largest absolute Gasteiger partial charge is 0.506 e. The first-order valence-electron chi connectivity index (χ1n) is 7.72. The summed E-state index contributed by atoms with van der Waals surface area (Å²) >= 11 is 11.9. The lowest BCUT2D eigenvalue weighted by atomic mass is 10.1. The third kappa shape index (κ3) is 4.23. The van der Waals surface area contributed by atoms with Crippen LogP contribution >= 0.6 is 23.2 Å². The summed E-state index contributed by atoms with van der Waals surface area (Å²) in [6, 6.07) is 19.0. The lowest BCUT2D eigenvalue weighted by Gasteiger charge is -2.07. The van der Waals surface area contributed by atoms with Crippen molar-refractivity contribution in [3.05, 3.63) is 87.9 Å². The zero-order valence-electron chi connectivity index (χ0n) is 13.5. The SMILES string of the molecule is O=C(Nc1ccccc1)c1ccccc1N=Cc1cc(Cl)cc(Cl)c1O. The van der Waals surface area contributed by atoms with Gasteiger partial charge in [-0.1, -0.05) is 53.5 Å². The van der Waals surface area contributed by atoms with Gasteiger partial charge in [-0.05, 0) is 36.4 Å². The van der Waals surface area contributed by atoms with Crippen molar-refractivity contribution in [3.8, 4) is 5.75 Å². The number of phenolic OH excluding ortho intramolecular Hbond substituents is 1. The summed E-state index contributed by atoms with van der Waals surface area (Å²) in [6.45, 7) is 0. The van der Waals surface area contributed by atoms with Crippen molar-refractivity contribution < 1.29 is 9.90 Å². The van der Waals surface area contributed by atoms with Crippen LogP contribution in [0.4, 0.5) is 11.4 Å². The van der Waals surface area contributed by atoms with Gasteiger partial charge >= 0.3 is 0 Å². The molecule has 6 heteroatoms. The van der Waals surface area contributed by atoms with Gasteiger partial charge in [0.1, 0.15) is 5.75 Å². The number of benzene rings is 3. The van der Waals surface area contributed by atoms with E-state index in [-0.39, 0.29) is 16.7 Å². The van der Waals surface area contributed by atoms with Crippen molar-refractivity contribution in [1.29, 1.82) is 0 Å². The fourth-order valence-corrected chi connectivity index (χ4v) is 2.83. The minimum absolute atomic E-state index is 0.119. The summed E-state index contributed by atoms with van der Waals surface area (Å²) in [4.78, 5) is 16.9. The topological polar surface area (TPSA) is 61.7 Å². The Kier molecular flexibility index (Phi) is 5.56. The second kappa shape index (κ2) is 8.04. The molecule has 0 spiro atoms. The van der Waals surface area contributed by atoms with Gasteiger partial charge in [-0.3, -0.25) is 9.79 Å². The lowest BCUT2D eigenvalue weighted by molar-refractivity contribution is 0.102. The van der Waals surface area contributed by atoms with Crippen molar-refractivity contribution in [2.24, 2.45) is 4.99 Å². The van der Waals surface area contributed by atoms with E-state index in [4.69, 9.17) is 23.2 Å². The van der Waals surface area contributed by atoms with Crippen molar-refractivity contribution in [2.45, 2.75) is 0 Å². The summed E-state index contributed by atoms with van der Waals surface area (Å²) in [5.74, 6) is -0.400. The molecule has 0 aromatic heterocycles. The van der Waals surface area contributed by atoms with Crippen LogP contribution in [0.15, 0.2) is 71.7 Å². The molecule has 0 atom stereocenters. The predicted octanol–water partition coefficient (Wildman–Crippen LogP) is 5.70. The fourth-order valence-electron chi connectivity index (χ4n) is 2.32. The number of amides is 1. The minimum Gasteiger partial charge on any atom is -0.506 e. The molecule has 3 aromatic rings. The normalized spacial score (nSPS) is 10.8. The number of hydrogen-bond donors (Lipinski definition) is 2. The van der Waals surface area contributed by atoms with E-state index in [1.54, 1.807) is 42.5 Å². The van der Waals surface area contributed by atoms with Gasteiger partial charge in [0, 0.05) is 22.5 Å². The van der Waals surface area contributed by atoms with E-state index in [0.29, 0.717) is 27.5 Å². The van der Waals surface area contributed by atoms with E-state index < -0.39 is 0 Å². The van der Waals surface area contributed by atoms with Gasteiger partial charge in [0.2, 0.25) is 0 Å². The molecule has 0 fully saturated rings. The number of nitrogens with one attached hydrogen (secondary N) is 1. The lowest BCUT2D eigenvalue weighted by Crippen LogP contribution is -2.11. The quantitative estimate of drug-likeness (QED) is 0.566. The number of para-hydroxylation sites is 2. The van der Waals surface area contributed by atoms with Gasteiger partial charge in [-0.2, -0.15) is 0 Å². The Balaban J connectivity index is 1.89. The maximum absolute atomic E-state index is 12.5. The molecule has 3 aromatic carbocycles. The van der Waals surface area contributed by atoms with Crippen LogP contribution < -0.4 is 5.32 Å². The number of carbonyl (C=O) groups excluding carboxylic acids is 1. The van der Waals surface area contributed by atoms with Crippen molar-refractivity contribution in [1.82, 2.24) is 0 Å². The van der Waals surface area contributed by atoms with Crippen molar-refractivity contribution in [3.63, 3.8) is 0 Å². The molecular weight excluding hydrogens is 371 g/mol. The number of hydrogen-bond acceptors (Lipinski definition) is 3. The Morgan fingerprint density at radius 1 is 1.00 bits per heavy atom. The molecule has 0 unspecified atom stereocenters. The van der Waals surface area contributed by atoms with E-state index in [9.17, 15) is 9.90 Å². The van der Waals surface area contributed by atoms with Gasteiger partial charge in [0.05, 0.1) is 16.3 Å². The number of nitrogens with zero attached hydrogens (tertiary/aromatic N) is 1. The van der Waals surface area contributed by atoms with Gasteiger partial charge in [0.15, 0.2) is 0 Å². The molecule has 1 amide bonds.